The maximum Gasteiger partial charge on any atom is 0.234 e. The molecule has 0 aliphatic heterocycles. The quantitative estimate of drug-likeness (QED) is 0.843. The first-order valence-corrected chi connectivity index (χ1v) is 6.59. The van der Waals surface area contributed by atoms with Crippen LogP contribution in [-0.4, -0.2) is 16.8 Å². The molecule has 0 aliphatic rings. The van der Waals surface area contributed by atoms with Crippen LogP contribution in [0.25, 0.3) is 0 Å². The molecular weight excluding hydrogens is 265 g/mol. The van der Waals surface area contributed by atoms with E-state index in [-0.39, 0.29) is 17.4 Å². The minimum absolute atomic E-state index is 0.163. The zero-order valence-electron chi connectivity index (χ0n) is 9.97. The highest BCUT2D eigenvalue weighted by atomic mass is 32.2. The van der Waals surface area contributed by atoms with E-state index in [2.05, 4.69) is 5.32 Å². The Hall–Kier alpha value is -2.01. The van der Waals surface area contributed by atoms with E-state index in [1.54, 1.807) is 30.3 Å². The van der Waals surface area contributed by atoms with E-state index in [1.165, 1.54) is 30.0 Å². The Labute approximate surface area is 114 Å². The lowest BCUT2D eigenvalue weighted by atomic mass is 10.3. The Bertz CT molecular complexity index is 589. The molecule has 0 unspecified atom stereocenters. The third-order valence-electron chi connectivity index (χ3n) is 2.30. The second-order valence-corrected chi connectivity index (χ2v) is 4.89. The number of halogens is 1. The van der Waals surface area contributed by atoms with E-state index in [0.29, 0.717) is 5.69 Å². The van der Waals surface area contributed by atoms with Gasteiger partial charge in [-0.1, -0.05) is 12.1 Å². The largest absolute Gasteiger partial charge is 0.508 e. The third-order valence-corrected chi connectivity index (χ3v) is 3.29. The van der Waals surface area contributed by atoms with Gasteiger partial charge in [0.2, 0.25) is 5.91 Å². The molecule has 3 nitrogen and oxygen atoms in total. The van der Waals surface area contributed by atoms with Crippen molar-refractivity contribution in [2.24, 2.45) is 0 Å². The van der Waals surface area contributed by atoms with Crippen molar-refractivity contribution in [3.05, 3.63) is 54.3 Å². The van der Waals surface area contributed by atoms with Gasteiger partial charge in [-0.2, -0.15) is 0 Å². The fraction of sp³-hybridized carbons (Fsp3) is 0.0714. The average Bonchev–Trinajstić information content (AvgIpc) is 2.36. The number of carbonyl (C=O) groups excluding carboxylic acids is 1. The van der Waals surface area contributed by atoms with Crippen molar-refractivity contribution in [1.29, 1.82) is 0 Å². The van der Waals surface area contributed by atoms with E-state index in [9.17, 15) is 14.3 Å². The first-order valence-electron chi connectivity index (χ1n) is 5.61. The molecule has 0 radical (unpaired) electrons. The van der Waals surface area contributed by atoms with Crippen LogP contribution in [0.2, 0.25) is 0 Å². The second-order valence-electron chi connectivity index (χ2n) is 3.84. The van der Waals surface area contributed by atoms with Crippen LogP contribution in [0.4, 0.5) is 10.1 Å². The van der Waals surface area contributed by atoms with Gasteiger partial charge in [-0.05, 0) is 36.4 Å². The van der Waals surface area contributed by atoms with Gasteiger partial charge >= 0.3 is 0 Å². The molecule has 2 rings (SSSR count). The van der Waals surface area contributed by atoms with Gasteiger partial charge in [0, 0.05) is 10.6 Å². The topological polar surface area (TPSA) is 49.3 Å². The van der Waals surface area contributed by atoms with Gasteiger partial charge in [0.05, 0.1) is 5.75 Å². The Morgan fingerprint density at radius 3 is 2.74 bits per heavy atom. The normalized spacial score (nSPS) is 10.2. The molecule has 0 spiro atoms. The Morgan fingerprint density at radius 1 is 1.21 bits per heavy atom. The molecule has 19 heavy (non-hydrogen) atoms. The summed E-state index contributed by atoms with van der Waals surface area (Å²) in [5.41, 5.74) is 0.432. The van der Waals surface area contributed by atoms with E-state index >= 15 is 0 Å². The van der Waals surface area contributed by atoms with Crippen molar-refractivity contribution in [1.82, 2.24) is 0 Å². The van der Waals surface area contributed by atoms with E-state index in [4.69, 9.17) is 0 Å². The number of hydrogen-bond donors (Lipinski definition) is 2. The lowest BCUT2D eigenvalue weighted by Gasteiger charge is -2.05. The Kier molecular flexibility index (Phi) is 4.41. The summed E-state index contributed by atoms with van der Waals surface area (Å²) >= 11 is 1.30. The number of thioether (sulfide) groups is 1. The van der Waals surface area contributed by atoms with Gasteiger partial charge in [0.1, 0.15) is 11.6 Å². The SMILES string of the molecule is O=C(CSc1cccc(O)c1)Nc1cccc(F)c1. The standard InChI is InChI=1S/C14H12FNO2S/c15-10-3-1-4-11(7-10)16-14(18)9-19-13-6-2-5-12(17)8-13/h1-8,17H,9H2,(H,16,18). The van der Waals surface area contributed by atoms with Crippen molar-refractivity contribution >= 4 is 23.4 Å². The smallest absolute Gasteiger partial charge is 0.234 e. The fourth-order valence-corrected chi connectivity index (χ4v) is 2.23. The van der Waals surface area contributed by atoms with E-state index in [1.807, 2.05) is 0 Å². The van der Waals surface area contributed by atoms with Gasteiger partial charge in [-0.3, -0.25) is 4.79 Å². The highest BCUT2D eigenvalue weighted by Crippen LogP contribution is 2.22. The van der Waals surface area contributed by atoms with Crippen molar-refractivity contribution < 1.29 is 14.3 Å². The summed E-state index contributed by atoms with van der Waals surface area (Å²) in [4.78, 5) is 12.5. The molecule has 0 heterocycles. The van der Waals surface area contributed by atoms with Crippen LogP contribution in [-0.2, 0) is 4.79 Å². The number of phenolic OH excluding ortho intramolecular Hbond substituents is 1. The molecule has 5 heteroatoms. The second kappa shape index (κ2) is 6.24. The van der Waals surface area contributed by atoms with Crippen LogP contribution in [0.3, 0.4) is 0 Å². The Morgan fingerprint density at radius 2 is 2.00 bits per heavy atom. The molecule has 0 saturated heterocycles. The maximum atomic E-state index is 12.9. The zero-order valence-corrected chi connectivity index (χ0v) is 10.8. The summed E-state index contributed by atoms with van der Waals surface area (Å²) in [5, 5.41) is 11.9. The van der Waals surface area contributed by atoms with Crippen LogP contribution in [0.5, 0.6) is 5.75 Å². The van der Waals surface area contributed by atoms with Crippen molar-refractivity contribution in [2.45, 2.75) is 4.90 Å². The van der Waals surface area contributed by atoms with E-state index < -0.39 is 5.82 Å². The number of aromatic hydroxyl groups is 1. The first-order chi connectivity index (χ1) is 9.13. The van der Waals surface area contributed by atoms with Gasteiger partial charge in [0.25, 0.3) is 0 Å². The summed E-state index contributed by atoms with van der Waals surface area (Å²) in [5.74, 6) is -0.257. The molecule has 98 valence electrons. The number of carbonyl (C=O) groups is 1. The van der Waals surface area contributed by atoms with Crippen molar-refractivity contribution in [2.75, 3.05) is 11.1 Å². The summed E-state index contributed by atoms with van der Waals surface area (Å²) in [6.45, 7) is 0. The van der Waals surface area contributed by atoms with Gasteiger partial charge in [-0.25, -0.2) is 4.39 Å². The fourth-order valence-electron chi connectivity index (χ4n) is 1.49. The lowest BCUT2D eigenvalue weighted by Crippen LogP contribution is -2.13. The number of amides is 1. The van der Waals surface area contributed by atoms with Crippen molar-refractivity contribution in [3.63, 3.8) is 0 Å². The molecule has 1 amide bonds. The molecule has 0 bridgehead atoms. The van der Waals surface area contributed by atoms with E-state index in [0.717, 1.165) is 4.90 Å². The zero-order chi connectivity index (χ0) is 13.7. The summed E-state index contributed by atoms with van der Waals surface area (Å²) in [7, 11) is 0. The molecule has 2 aromatic carbocycles. The van der Waals surface area contributed by atoms with Crippen LogP contribution in [0, 0.1) is 5.82 Å². The van der Waals surface area contributed by atoms with Gasteiger partial charge in [0.15, 0.2) is 0 Å². The molecule has 2 N–H and O–H groups in total. The molecule has 2 aromatic rings. The summed E-state index contributed by atoms with van der Waals surface area (Å²) in [6.07, 6.45) is 0. The Balaban J connectivity index is 1.88. The molecule has 0 saturated carbocycles. The first kappa shape index (κ1) is 13.4. The molecular formula is C14H12FNO2S. The number of anilines is 1. The minimum Gasteiger partial charge on any atom is -0.508 e. The number of phenols is 1. The monoisotopic (exact) mass is 277 g/mol. The number of benzene rings is 2. The summed E-state index contributed by atoms with van der Waals surface area (Å²) < 4.78 is 12.9. The summed E-state index contributed by atoms with van der Waals surface area (Å²) in [6, 6.07) is 12.4. The van der Waals surface area contributed by atoms with Crippen LogP contribution >= 0.6 is 11.8 Å². The lowest BCUT2D eigenvalue weighted by molar-refractivity contribution is -0.113. The predicted molar refractivity (Wildman–Crippen MR) is 73.9 cm³/mol. The molecule has 0 atom stereocenters. The van der Waals surface area contributed by atoms with Gasteiger partial charge < -0.3 is 10.4 Å². The highest BCUT2D eigenvalue weighted by molar-refractivity contribution is 8.00. The van der Waals surface area contributed by atoms with Crippen LogP contribution in [0.1, 0.15) is 0 Å². The maximum absolute atomic E-state index is 12.9. The number of nitrogens with one attached hydrogen (secondary N) is 1. The van der Waals surface area contributed by atoms with Crippen LogP contribution in [0.15, 0.2) is 53.4 Å². The predicted octanol–water partition coefficient (Wildman–Crippen LogP) is 3.26. The number of hydrogen-bond acceptors (Lipinski definition) is 3. The van der Waals surface area contributed by atoms with Gasteiger partial charge in [-0.15, -0.1) is 11.8 Å². The third kappa shape index (κ3) is 4.30. The van der Waals surface area contributed by atoms with Crippen LogP contribution < -0.4 is 5.32 Å². The molecule has 0 aliphatic carbocycles. The molecule has 0 aromatic heterocycles. The molecule has 0 fully saturated rings. The number of rotatable bonds is 4. The average molecular weight is 277 g/mol. The van der Waals surface area contributed by atoms with Crippen molar-refractivity contribution in [3.8, 4) is 5.75 Å². The highest BCUT2D eigenvalue weighted by Gasteiger charge is 2.04. The minimum atomic E-state index is -0.390.